The summed E-state index contributed by atoms with van der Waals surface area (Å²) in [6.07, 6.45) is 0.686. The molecule has 1 unspecified atom stereocenters. The Kier molecular flexibility index (Phi) is 4.81. The Morgan fingerprint density at radius 2 is 2.10 bits per heavy atom. The summed E-state index contributed by atoms with van der Waals surface area (Å²) in [6, 6.07) is 5.99. The van der Waals surface area contributed by atoms with E-state index in [0.717, 1.165) is 28.8 Å². The van der Waals surface area contributed by atoms with Crippen molar-refractivity contribution in [1.82, 2.24) is 4.90 Å². The van der Waals surface area contributed by atoms with Crippen LogP contribution in [0.4, 0.5) is 4.79 Å². The van der Waals surface area contributed by atoms with E-state index in [0.29, 0.717) is 6.54 Å². The summed E-state index contributed by atoms with van der Waals surface area (Å²) in [7, 11) is 1.67. The summed E-state index contributed by atoms with van der Waals surface area (Å²) in [5.41, 5.74) is 0.681. The van der Waals surface area contributed by atoms with E-state index in [4.69, 9.17) is 9.47 Å². The van der Waals surface area contributed by atoms with Gasteiger partial charge in [-0.1, -0.05) is 15.9 Å². The van der Waals surface area contributed by atoms with E-state index in [1.165, 1.54) is 0 Å². The molecule has 0 aliphatic carbocycles. The van der Waals surface area contributed by atoms with E-state index in [9.17, 15) is 4.79 Å². The minimum Gasteiger partial charge on any atom is -0.496 e. The van der Waals surface area contributed by atoms with Crippen molar-refractivity contribution in [1.29, 1.82) is 0 Å². The molecule has 1 aliphatic heterocycles. The highest BCUT2D eigenvalue weighted by molar-refractivity contribution is 9.10. The molecule has 1 saturated heterocycles. The van der Waals surface area contributed by atoms with Gasteiger partial charge in [0.25, 0.3) is 0 Å². The topological polar surface area (TPSA) is 38.8 Å². The largest absolute Gasteiger partial charge is 0.496 e. The lowest BCUT2D eigenvalue weighted by molar-refractivity contribution is 0.0292. The normalized spacial score (nSPS) is 18.7. The lowest BCUT2D eigenvalue weighted by Crippen LogP contribution is -2.35. The highest BCUT2D eigenvalue weighted by Gasteiger charge is 2.31. The zero-order valence-corrected chi connectivity index (χ0v) is 14.6. The van der Waals surface area contributed by atoms with E-state index in [1.807, 2.05) is 32.9 Å². The molecule has 4 nitrogen and oxygen atoms in total. The van der Waals surface area contributed by atoms with Gasteiger partial charge in [0.1, 0.15) is 11.4 Å². The molecule has 0 N–H and O–H groups in total. The van der Waals surface area contributed by atoms with Crippen LogP contribution in [0.15, 0.2) is 22.7 Å². The van der Waals surface area contributed by atoms with Gasteiger partial charge < -0.3 is 14.4 Å². The van der Waals surface area contributed by atoms with Gasteiger partial charge >= 0.3 is 6.09 Å². The SMILES string of the molecule is COc1ccc(Br)cc1C1CCN(C(=O)OC(C)(C)C)C1. The number of hydrogen-bond acceptors (Lipinski definition) is 3. The maximum Gasteiger partial charge on any atom is 0.410 e. The van der Waals surface area contributed by atoms with Crippen LogP contribution in [0.3, 0.4) is 0 Å². The van der Waals surface area contributed by atoms with Crippen LogP contribution in [0.25, 0.3) is 0 Å². The summed E-state index contributed by atoms with van der Waals surface area (Å²) < 4.78 is 11.9. The van der Waals surface area contributed by atoms with Gasteiger partial charge in [-0.15, -0.1) is 0 Å². The Balaban J connectivity index is 2.09. The number of likely N-dealkylation sites (tertiary alicyclic amines) is 1. The standard InChI is InChI=1S/C16H22BrNO3/c1-16(2,3)21-15(19)18-8-7-11(10-18)13-9-12(17)5-6-14(13)20-4/h5-6,9,11H,7-8,10H2,1-4H3. The van der Waals surface area contributed by atoms with Crippen LogP contribution in [0.2, 0.25) is 0 Å². The van der Waals surface area contributed by atoms with Crippen molar-refractivity contribution in [3.05, 3.63) is 28.2 Å². The fraction of sp³-hybridized carbons (Fsp3) is 0.562. The zero-order chi connectivity index (χ0) is 15.6. The van der Waals surface area contributed by atoms with Crippen LogP contribution >= 0.6 is 15.9 Å². The minimum atomic E-state index is -0.456. The Hall–Kier alpha value is -1.23. The second kappa shape index (κ2) is 6.26. The number of methoxy groups -OCH3 is 1. The van der Waals surface area contributed by atoms with Crippen molar-refractivity contribution in [2.45, 2.75) is 38.7 Å². The highest BCUT2D eigenvalue weighted by atomic mass is 79.9. The maximum atomic E-state index is 12.1. The Morgan fingerprint density at radius 3 is 2.71 bits per heavy atom. The average molecular weight is 356 g/mol. The predicted molar refractivity (Wildman–Crippen MR) is 85.9 cm³/mol. The van der Waals surface area contributed by atoms with Gasteiger partial charge in [-0.3, -0.25) is 0 Å². The zero-order valence-electron chi connectivity index (χ0n) is 13.0. The molecule has 0 saturated carbocycles. The van der Waals surface area contributed by atoms with Gasteiger partial charge in [-0.2, -0.15) is 0 Å². The van der Waals surface area contributed by atoms with Crippen molar-refractivity contribution >= 4 is 22.0 Å². The molecular formula is C16H22BrNO3. The highest BCUT2D eigenvalue weighted by Crippen LogP contribution is 2.35. The van der Waals surface area contributed by atoms with Crippen molar-refractivity contribution in [3.63, 3.8) is 0 Å². The molecular weight excluding hydrogens is 334 g/mol. The molecule has 5 heteroatoms. The predicted octanol–water partition coefficient (Wildman–Crippen LogP) is 4.18. The molecule has 1 aromatic carbocycles. The van der Waals surface area contributed by atoms with Crippen LogP contribution in [-0.2, 0) is 4.74 Å². The molecule has 0 spiro atoms. The molecule has 2 rings (SSSR count). The lowest BCUT2D eigenvalue weighted by Gasteiger charge is -2.24. The first-order valence-electron chi connectivity index (χ1n) is 7.11. The van der Waals surface area contributed by atoms with Crippen LogP contribution in [-0.4, -0.2) is 36.8 Å². The first-order chi connectivity index (χ1) is 9.80. The monoisotopic (exact) mass is 355 g/mol. The summed E-state index contributed by atoms with van der Waals surface area (Å²) in [4.78, 5) is 13.9. The number of benzene rings is 1. The second-order valence-electron chi connectivity index (χ2n) is 6.30. The van der Waals surface area contributed by atoms with Crippen LogP contribution in [0, 0.1) is 0 Å². The molecule has 0 bridgehead atoms. The number of rotatable bonds is 2. The van der Waals surface area contributed by atoms with Gasteiger partial charge in [-0.25, -0.2) is 4.79 Å². The van der Waals surface area contributed by atoms with Gasteiger partial charge in [0.15, 0.2) is 0 Å². The maximum absolute atomic E-state index is 12.1. The molecule has 116 valence electrons. The van der Waals surface area contributed by atoms with Crippen molar-refractivity contribution in [3.8, 4) is 5.75 Å². The van der Waals surface area contributed by atoms with Crippen LogP contribution in [0.1, 0.15) is 38.7 Å². The van der Waals surface area contributed by atoms with E-state index in [1.54, 1.807) is 12.0 Å². The van der Waals surface area contributed by atoms with E-state index < -0.39 is 5.60 Å². The summed E-state index contributed by atoms with van der Waals surface area (Å²) in [5.74, 6) is 1.15. The molecule has 1 aliphatic rings. The van der Waals surface area contributed by atoms with Crippen molar-refractivity contribution in [2.24, 2.45) is 0 Å². The third-order valence-corrected chi connectivity index (χ3v) is 3.96. The third-order valence-electron chi connectivity index (χ3n) is 3.47. The molecule has 1 aromatic rings. The van der Waals surface area contributed by atoms with E-state index in [2.05, 4.69) is 22.0 Å². The van der Waals surface area contributed by atoms with Crippen molar-refractivity contribution in [2.75, 3.05) is 20.2 Å². The first kappa shape index (κ1) is 16.1. The quantitative estimate of drug-likeness (QED) is 0.798. The summed E-state index contributed by atoms with van der Waals surface area (Å²) in [5, 5.41) is 0. The first-order valence-corrected chi connectivity index (χ1v) is 7.91. The fourth-order valence-electron chi connectivity index (χ4n) is 2.53. The lowest BCUT2D eigenvalue weighted by atomic mass is 9.97. The summed E-state index contributed by atoms with van der Waals surface area (Å²) in [6.45, 7) is 7.04. The Bertz CT molecular complexity index is 525. The van der Waals surface area contributed by atoms with E-state index >= 15 is 0 Å². The summed E-state index contributed by atoms with van der Waals surface area (Å²) >= 11 is 3.50. The number of carbonyl (C=O) groups is 1. The molecule has 1 atom stereocenters. The number of carbonyl (C=O) groups excluding carboxylic acids is 1. The number of halogens is 1. The molecule has 21 heavy (non-hydrogen) atoms. The molecule has 0 aromatic heterocycles. The molecule has 1 fully saturated rings. The Labute approximate surface area is 134 Å². The average Bonchev–Trinajstić information content (AvgIpc) is 2.86. The molecule has 1 amide bonds. The Morgan fingerprint density at radius 1 is 1.38 bits per heavy atom. The van der Waals surface area contributed by atoms with Gasteiger partial charge in [-0.05, 0) is 45.4 Å². The van der Waals surface area contributed by atoms with Gasteiger partial charge in [0.2, 0.25) is 0 Å². The van der Waals surface area contributed by atoms with Crippen LogP contribution < -0.4 is 4.74 Å². The van der Waals surface area contributed by atoms with Crippen molar-refractivity contribution < 1.29 is 14.3 Å². The van der Waals surface area contributed by atoms with Crippen LogP contribution in [0.5, 0.6) is 5.75 Å². The third kappa shape index (κ3) is 4.13. The number of amides is 1. The van der Waals surface area contributed by atoms with E-state index in [-0.39, 0.29) is 12.0 Å². The molecule has 1 heterocycles. The minimum absolute atomic E-state index is 0.237. The number of nitrogens with zero attached hydrogens (tertiary/aromatic N) is 1. The van der Waals surface area contributed by atoms with Gasteiger partial charge in [0.05, 0.1) is 7.11 Å². The fourth-order valence-corrected chi connectivity index (χ4v) is 2.91. The molecule has 0 radical (unpaired) electrons. The number of ether oxygens (including phenoxy) is 2. The smallest absolute Gasteiger partial charge is 0.410 e. The number of hydrogen-bond donors (Lipinski definition) is 0. The second-order valence-corrected chi connectivity index (χ2v) is 7.21. The van der Waals surface area contributed by atoms with Gasteiger partial charge in [0, 0.05) is 29.0 Å².